The molecule has 0 radical (unpaired) electrons. The van der Waals surface area contributed by atoms with Crippen molar-refractivity contribution in [3.63, 3.8) is 0 Å². The summed E-state index contributed by atoms with van der Waals surface area (Å²) in [7, 11) is 1.14. The number of H-pyrrole nitrogens is 1. The van der Waals surface area contributed by atoms with Crippen molar-refractivity contribution in [3.05, 3.63) is 60.7 Å². The summed E-state index contributed by atoms with van der Waals surface area (Å²) in [5, 5.41) is 13.0. The van der Waals surface area contributed by atoms with Gasteiger partial charge in [-0.05, 0) is 51.8 Å². The number of rotatable bonds is 6. The molecule has 2 unspecified atom stereocenters. The van der Waals surface area contributed by atoms with Crippen molar-refractivity contribution in [2.75, 3.05) is 25.1 Å². The van der Waals surface area contributed by atoms with Crippen molar-refractivity contribution < 1.29 is 14.0 Å². The molecule has 1 N–H and O–H groups in total. The summed E-state index contributed by atoms with van der Waals surface area (Å²) in [6.45, 7) is 11.1. The molecule has 5 aromatic heterocycles. The fourth-order valence-corrected chi connectivity index (χ4v) is 6.61. The summed E-state index contributed by atoms with van der Waals surface area (Å²) < 4.78 is 19.9. The Morgan fingerprint density at radius 2 is 1.79 bits per heavy atom. The average molecular weight is 578 g/mol. The van der Waals surface area contributed by atoms with E-state index in [1.54, 1.807) is 7.11 Å². The van der Waals surface area contributed by atoms with Crippen LogP contribution < -0.4 is 15.1 Å². The Hall–Kier alpha value is -4.00. The standard InChI is InChI=1S/C31H35BN8O3/c1-30(2)31(3,4)43-32(42-30)21-10-24(28-25-14-35-36-29(25)37-40(28)16-21)20-7-8-26(33-13-20)38-17-22-11-23(18-38)39(22)15-19-6-9-27(41-5)34-12-19/h6-10,12-14,16,22-23H,11,15,17-18H2,1-5H3,(H,36,37). The van der Waals surface area contributed by atoms with Crippen LogP contribution in [-0.4, -0.2) is 85.3 Å². The van der Waals surface area contributed by atoms with Crippen LogP contribution in [0.5, 0.6) is 5.88 Å². The highest BCUT2D eigenvalue weighted by Crippen LogP contribution is 2.38. The molecule has 0 spiro atoms. The molecule has 0 aromatic carbocycles. The zero-order chi connectivity index (χ0) is 29.5. The number of piperidine rings is 1. The molecule has 0 amide bonds. The Bertz CT molecular complexity index is 1790. The maximum Gasteiger partial charge on any atom is 0.496 e. The number of fused-ring (bicyclic) bond motifs is 5. The maximum atomic E-state index is 6.40. The molecule has 12 heteroatoms. The minimum Gasteiger partial charge on any atom is -0.481 e. The van der Waals surface area contributed by atoms with Crippen LogP contribution in [0, 0.1) is 0 Å². The van der Waals surface area contributed by atoms with E-state index in [-0.39, 0.29) is 0 Å². The van der Waals surface area contributed by atoms with Crippen molar-refractivity contribution in [2.24, 2.45) is 0 Å². The maximum absolute atomic E-state index is 6.40. The Morgan fingerprint density at radius 3 is 2.47 bits per heavy atom. The molecule has 0 saturated carbocycles. The summed E-state index contributed by atoms with van der Waals surface area (Å²) in [5.74, 6) is 1.65. The minimum atomic E-state index is -0.502. The fourth-order valence-electron chi connectivity index (χ4n) is 6.61. The average Bonchev–Trinajstić information content (AvgIpc) is 3.66. The van der Waals surface area contributed by atoms with Crippen LogP contribution in [0.15, 0.2) is 55.1 Å². The number of methoxy groups -OCH3 is 1. The molecule has 9 rings (SSSR count). The lowest BCUT2D eigenvalue weighted by Crippen LogP contribution is -2.68. The molecular weight excluding hydrogens is 543 g/mol. The molecule has 11 nitrogen and oxygen atoms in total. The Morgan fingerprint density at radius 1 is 1.00 bits per heavy atom. The summed E-state index contributed by atoms with van der Waals surface area (Å²) >= 11 is 0. The molecule has 43 heavy (non-hydrogen) atoms. The van der Waals surface area contributed by atoms with Crippen molar-refractivity contribution in [1.82, 2.24) is 34.7 Å². The third-order valence-electron chi connectivity index (χ3n) is 9.77. The predicted octanol–water partition coefficient (Wildman–Crippen LogP) is 3.44. The van der Waals surface area contributed by atoms with Gasteiger partial charge >= 0.3 is 7.12 Å². The van der Waals surface area contributed by atoms with Gasteiger partial charge in [0, 0.05) is 73.0 Å². The molecule has 0 aliphatic carbocycles. The molecule has 4 aliphatic heterocycles. The van der Waals surface area contributed by atoms with E-state index in [4.69, 9.17) is 24.1 Å². The monoisotopic (exact) mass is 578 g/mol. The fraction of sp³-hybridized carbons (Fsp3) is 0.419. The van der Waals surface area contributed by atoms with Crippen LogP contribution >= 0.6 is 0 Å². The summed E-state index contributed by atoms with van der Waals surface area (Å²) in [5.41, 5.74) is 4.97. The van der Waals surface area contributed by atoms with Gasteiger partial charge in [-0.25, -0.2) is 14.5 Å². The topological polar surface area (TPSA) is 106 Å². The van der Waals surface area contributed by atoms with Gasteiger partial charge in [-0.2, -0.15) is 5.10 Å². The first kappa shape index (κ1) is 26.6. The van der Waals surface area contributed by atoms with Crippen LogP contribution in [0.3, 0.4) is 0 Å². The van der Waals surface area contributed by atoms with E-state index in [0.717, 1.165) is 58.6 Å². The number of aromatic nitrogens is 6. The Kier molecular flexibility index (Phi) is 5.88. The molecule has 2 bridgehead atoms. The van der Waals surface area contributed by atoms with Crippen LogP contribution in [0.2, 0.25) is 0 Å². The van der Waals surface area contributed by atoms with E-state index < -0.39 is 18.3 Å². The van der Waals surface area contributed by atoms with Gasteiger partial charge in [0.25, 0.3) is 0 Å². The zero-order valence-electron chi connectivity index (χ0n) is 25.1. The van der Waals surface area contributed by atoms with Gasteiger partial charge in [-0.15, -0.1) is 5.10 Å². The highest BCUT2D eigenvalue weighted by molar-refractivity contribution is 6.62. The molecular formula is C31H35BN8O3. The van der Waals surface area contributed by atoms with Gasteiger partial charge in [-0.1, -0.05) is 12.1 Å². The number of anilines is 1. The smallest absolute Gasteiger partial charge is 0.481 e. The van der Waals surface area contributed by atoms with Crippen molar-refractivity contribution >= 4 is 34.9 Å². The first-order chi connectivity index (χ1) is 20.7. The second-order valence-electron chi connectivity index (χ2n) is 12.9. The minimum absolute atomic E-state index is 0.438. The van der Waals surface area contributed by atoms with Gasteiger partial charge in [0.2, 0.25) is 5.88 Å². The van der Waals surface area contributed by atoms with Crippen LogP contribution in [0.25, 0.3) is 27.7 Å². The van der Waals surface area contributed by atoms with E-state index in [1.165, 1.54) is 12.0 Å². The third-order valence-corrected chi connectivity index (χ3v) is 9.77. The van der Waals surface area contributed by atoms with Gasteiger partial charge in [0.15, 0.2) is 5.65 Å². The first-order valence-corrected chi connectivity index (χ1v) is 14.9. The molecule has 4 aliphatic rings. The quantitative estimate of drug-likeness (QED) is 0.304. The van der Waals surface area contributed by atoms with E-state index in [2.05, 4.69) is 76.9 Å². The molecule has 9 heterocycles. The van der Waals surface area contributed by atoms with Crippen molar-refractivity contribution in [1.29, 1.82) is 0 Å². The van der Waals surface area contributed by atoms with E-state index in [0.29, 0.717) is 18.0 Å². The SMILES string of the molecule is COc1ccc(CN2C3CC2CN(c2ccc(-c4cc(B5OC(C)(C)C(C)(C)O5)cn5nc6[nH]ncc6c45)cn2)C3)cn1. The van der Waals surface area contributed by atoms with Gasteiger partial charge < -0.3 is 18.9 Å². The molecule has 2 atom stereocenters. The number of pyridine rings is 3. The lowest BCUT2D eigenvalue weighted by Gasteiger charge is -2.56. The number of hydrogen-bond acceptors (Lipinski definition) is 9. The highest BCUT2D eigenvalue weighted by Gasteiger charge is 2.52. The normalized spacial score (nSPS) is 22.8. The summed E-state index contributed by atoms with van der Waals surface area (Å²) in [6.07, 6.45) is 8.93. The van der Waals surface area contributed by atoms with E-state index >= 15 is 0 Å². The van der Waals surface area contributed by atoms with Gasteiger partial charge in [0.05, 0.1) is 35.4 Å². The summed E-state index contributed by atoms with van der Waals surface area (Å²) in [4.78, 5) is 14.3. The summed E-state index contributed by atoms with van der Waals surface area (Å²) in [6, 6.07) is 11.5. The van der Waals surface area contributed by atoms with Gasteiger partial charge in [0.1, 0.15) is 5.82 Å². The van der Waals surface area contributed by atoms with Crippen LogP contribution in [0.1, 0.15) is 39.7 Å². The Balaban J connectivity index is 1.06. The second-order valence-corrected chi connectivity index (χ2v) is 12.9. The third kappa shape index (κ3) is 4.30. The lowest BCUT2D eigenvalue weighted by atomic mass is 9.79. The van der Waals surface area contributed by atoms with Gasteiger partial charge in [-0.3, -0.25) is 10.00 Å². The largest absolute Gasteiger partial charge is 0.496 e. The second kappa shape index (κ2) is 9.50. The number of nitrogens with one attached hydrogen (secondary N) is 1. The number of hydrogen-bond donors (Lipinski definition) is 1. The predicted molar refractivity (Wildman–Crippen MR) is 165 cm³/mol. The molecule has 5 aromatic rings. The Labute approximate surface area is 250 Å². The molecule has 220 valence electrons. The van der Waals surface area contributed by atoms with E-state index in [1.807, 2.05) is 35.4 Å². The number of ether oxygens (including phenoxy) is 1. The zero-order valence-corrected chi connectivity index (χ0v) is 25.1. The van der Waals surface area contributed by atoms with Crippen molar-refractivity contribution in [3.8, 4) is 17.0 Å². The van der Waals surface area contributed by atoms with Crippen molar-refractivity contribution in [2.45, 2.75) is 63.9 Å². The van der Waals surface area contributed by atoms with Crippen LogP contribution in [0.4, 0.5) is 5.82 Å². The number of piperazine rings is 1. The first-order valence-electron chi connectivity index (χ1n) is 14.9. The highest BCUT2D eigenvalue weighted by atomic mass is 16.7. The van der Waals surface area contributed by atoms with E-state index in [9.17, 15) is 0 Å². The van der Waals surface area contributed by atoms with Crippen LogP contribution in [-0.2, 0) is 15.9 Å². The molecule has 4 fully saturated rings. The number of nitrogens with zero attached hydrogens (tertiary/aromatic N) is 7. The number of aromatic amines is 1. The lowest BCUT2D eigenvalue weighted by molar-refractivity contribution is -0.00876. The molecule has 4 saturated heterocycles.